The Morgan fingerprint density at radius 2 is 2.11 bits per heavy atom. The maximum atomic E-state index is 11.7. The second kappa shape index (κ2) is 7.43. The molecule has 1 saturated carbocycles. The summed E-state index contributed by atoms with van der Waals surface area (Å²) in [6.45, 7) is 3.24. The van der Waals surface area contributed by atoms with Crippen LogP contribution in [0.4, 0.5) is 11.5 Å². The molecule has 0 saturated heterocycles. The molecular weight excluding hydrogens is 338 g/mol. The molecule has 0 bridgehead atoms. The lowest BCUT2D eigenvalue weighted by atomic mass is 10.1. The molecule has 1 aliphatic carbocycles. The Morgan fingerprint density at radius 1 is 1.26 bits per heavy atom. The molecule has 5 heteroatoms. The van der Waals surface area contributed by atoms with Gasteiger partial charge in [-0.25, -0.2) is 9.78 Å². The average Bonchev–Trinajstić information content (AvgIpc) is 3.44. The van der Waals surface area contributed by atoms with Gasteiger partial charge in [0.25, 0.3) is 0 Å². The third-order valence-corrected chi connectivity index (χ3v) is 5.22. The Balaban J connectivity index is 1.57. The number of anilines is 2. The quantitative estimate of drug-likeness (QED) is 0.515. The van der Waals surface area contributed by atoms with Gasteiger partial charge in [0.2, 0.25) is 0 Å². The predicted octanol–water partition coefficient (Wildman–Crippen LogP) is 5.55. The van der Waals surface area contributed by atoms with Crippen LogP contribution in [0.2, 0.25) is 0 Å². The molecule has 1 aliphatic rings. The van der Waals surface area contributed by atoms with Crippen molar-refractivity contribution in [3.63, 3.8) is 0 Å². The molecule has 1 aromatic carbocycles. The van der Waals surface area contributed by atoms with Crippen molar-refractivity contribution in [2.75, 3.05) is 5.32 Å². The number of unbranched alkanes of at least 4 members (excludes halogenated alkanes) is 2. The number of pyridine rings is 1. The van der Waals surface area contributed by atoms with Gasteiger partial charge in [-0.15, -0.1) is 0 Å². The van der Waals surface area contributed by atoms with Crippen molar-refractivity contribution in [2.45, 2.75) is 51.5 Å². The van der Waals surface area contributed by atoms with Crippen LogP contribution >= 0.6 is 0 Å². The Morgan fingerprint density at radius 3 is 2.85 bits per heavy atom. The minimum absolute atomic E-state index is 0.233. The highest BCUT2D eigenvalue weighted by atomic mass is 16.4. The van der Waals surface area contributed by atoms with Gasteiger partial charge in [-0.2, -0.15) is 0 Å². The second-order valence-corrected chi connectivity index (χ2v) is 7.36. The van der Waals surface area contributed by atoms with E-state index in [2.05, 4.69) is 40.1 Å². The number of hydrogen-bond acceptors (Lipinski definition) is 3. The van der Waals surface area contributed by atoms with Gasteiger partial charge in [-0.1, -0.05) is 19.8 Å². The Bertz CT molecular complexity index is 973. The number of carboxylic acid groups (broad SMARTS) is 1. The van der Waals surface area contributed by atoms with Crippen molar-refractivity contribution in [3.05, 3.63) is 53.9 Å². The van der Waals surface area contributed by atoms with E-state index in [1.54, 1.807) is 12.3 Å². The average molecular weight is 363 g/mol. The molecule has 0 amide bonds. The van der Waals surface area contributed by atoms with Crippen LogP contribution in [0.5, 0.6) is 0 Å². The molecule has 0 radical (unpaired) electrons. The number of aromatic carboxylic acids is 1. The number of nitrogens with one attached hydrogen (secondary N) is 1. The smallest absolute Gasteiger partial charge is 0.339 e. The van der Waals surface area contributed by atoms with Crippen LogP contribution in [-0.2, 0) is 6.54 Å². The fourth-order valence-corrected chi connectivity index (χ4v) is 3.53. The summed E-state index contributed by atoms with van der Waals surface area (Å²) in [5.41, 5.74) is 3.31. The molecule has 0 atom stereocenters. The van der Waals surface area contributed by atoms with E-state index >= 15 is 0 Å². The lowest BCUT2D eigenvalue weighted by Crippen LogP contribution is -2.06. The van der Waals surface area contributed by atoms with Crippen molar-refractivity contribution < 1.29 is 9.90 Å². The lowest BCUT2D eigenvalue weighted by molar-refractivity contribution is 0.0697. The molecule has 0 unspecified atom stereocenters. The van der Waals surface area contributed by atoms with Gasteiger partial charge in [-0.3, -0.25) is 0 Å². The monoisotopic (exact) mass is 363 g/mol. The molecule has 2 aromatic heterocycles. The highest BCUT2D eigenvalue weighted by Crippen LogP contribution is 2.40. The summed E-state index contributed by atoms with van der Waals surface area (Å²) in [5.74, 6) is -0.0715. The third-order valence-electron chi connectivity index (χ3n) is 5.22. The molecule has 0 spiro atoms. The molecule has 2 heterocycles. The van der Waals surface area contributed by atoms with E-state index in [1.165, 1.54) is 24.8 Å². The summed E-state index contributed by atoms with van der Waals surface area (Å²) < 4.78 is 2.28. The fourth-order valence-electron chi connectivity index (χ4n) is 3.53. The van der Waals surface area contributed by atoms with Crippen LogP contribution in [0.15, 0.2) is 42.7 Å². The molecule has 0 aliphatic heterocycles. The summed E-state index contributed by atoms with van der Waals surface area (Å²) in [7, 11) is 0. The zero-order valence-corrected chi connectivity index (χ0v) is 15.6. The minimum atomic E-state index is -0.948. The van der Waals surface area contributed by atoms with E-state index < -0.39 is 5.97 Å². The molecule has 140 valence electrons. The standard InChI is InChI=1S/C22H25N3O2/c1-2-3-4-10-25-11-9-16-12-18(7-8-20(16)25)24-21-19(22(26)27)13-17(14-23-21)15-5-6-15/h7-9,11-15H,2-6,10H2,1H3,(H,23,24)(H,26,27). The van der Waals surface area contributed by atoms with E-state index in [1.807, 2.05) is 12.1 Å². The Hall–Kier alpha value is -2.82. The minimum Gasteiger partial charge on any atom is -0.478 e. The van der Waals surface area contributed by atoms with E-state index in [0.29, 0.717) is 11.7 Å². The van der Waals surface area contributed by atoms with Crippen LogP contribution < -0.4 is 5.32 Å². The van der Waals surface area contributed by atoms with Crippen molar-refractivity contribution in [1.82, 2.24) is 9.55 Å². The number of benzene rings is 1. The lowest BCUT2D eigenvalue weighted by Gasteiger charge is -2.11. The highest BCUT2D eigenvalue weighted by Gasteiger charge is 2.26. The van der Waals surface area contributed by atoms with Crippen molar-refractivity contribution >= 4 is 28.4 Å². The third kappa shape index (κ3) is 3.82. The largest absolute Gasteiger partial charge is 0.478 e. The zero-order chi connectivity index (χ0) is 18.8. The van der Waals surface area contributed by atoms with Crippen LogP contribution in [0.25, 0.3) is 10.9 Å². The molecule has 1 fully saturated rings. The molecule has 2 N–H and O–H groups in total. The first-order valence-electron chi connectivity index (χ1n) is 9.75. The van der Waals surface area contributed by atoms with Crippen LogP contribution in [-0.4, -0.2) is 20.6 Å². The SMILES string of the molecule is CCCCCn1ccc2cc(Nc3ncc(C4CC4)cc3C(=O)O)ccc21. The molecular formula is C22H25N3O2. The van der Waals surface area contributed by atoms with Crippen molar-refractivity contribution in [3.8, 4) is 0 Å². The number of nitrogens with zero attached hydrogens (tertiary/aromatic N) is 2. The van der Waals surface area contributed by atoms with Crippen LogP contribution in [0, 0.1) is 0 Å². The van der Waals surface area contributed by atoms with Crippen molar-refractivity contribution in [1.29, 1.82) is 0 Å². The predicted molar refractivity (Wildman–Crippen MR) is 108 cm³/mol. The molecule has 3 aromatic rings. The number of carbonyl (C=O) groups is 1. The highest BCUT2D eigenvalue weighted by molar-refractivity contribution is 5.94. The Kier molecular flexibility index (Phi) is 4.84. The summed E-state index contributed by atoms with van der Waals surface area (Å²) >= 11 is 0. The normalized spacial score (nSPS) is 13.8. The topological polar surface area (TPSA) is 67.2 Å². The van der Waals surface area contributed by atoms with Crippen LogP contribution in [0.1, 0.15) is 60.9 Å². The van der Waals surface area contributed by atoms with Gasteiger partial charge in [0.15, 0.2) is 0 Å². The number of aromatic nitrogens is 2. The first-order chi connectivity index (χ1) is 13.2. The first kappa shape index (κ1) is 17.6. The summed E-state index contributed by atoms with van der Waals surface area (Å²) in [6, 6.07) is 9.99. The van der Waals surface area contributed by atoms with E-state index in [9.17, 15) is 9.90 Å². The second-order valence-electron chi connectivity index (χ2n) is 7.36. The Labute approximate surface area is 159 Å². The summed E-state index contributed by atoms with van der Waals surface area (Å²) in [4.78, 5) is 16.1. The van der Waals surface area contributed by atoms with E-state index in [4.69, 9.17) is 0 Å². The maximum Gasteiger partial charge on any atom is 0.339 e. The number of hydrogen-bond donors (Lipinski definition) is 2. The van der Waals surface area contributed by atoms with Gasteiger partial charge in [0.05, 0.1) is 0 Å². The molecule has 4 rings (SSSR count). The summed E-state index contributed by atoms with van der Waals surface area (Å²) in [6.07, 6.45) is 9.80. The van der Waals surface area contributed by atoms with Gasteiger partial charge in [0.1, 0.15) is 11.4 Å². The number of fused-ring (bicyclic) bond motifs is 1. The number of carboxylic acids is 1. The zero-order valence-electron chi connectivity index (χ0n) is 15.6. The van der Waals surface area contributed by atoms with Crippen LogP contribution in [0.3, 0.4) is 0 Å². The van der Waals surface area contributed by atoms with Gasteiger partial charge in [-0.05, 0) is 61.1 Å². The molecule has 5 nitrogen and oxygen atoms in total. The van der Waals surface area contributed by atoms with Crippen molar-refractivity contribution in [2.24, 2.45) is 0 Å². The van der Waals surface area contributed by atoms with E-state index in [-0.39, 0.29) is 5.56 Å². The number of aryl methyl sites for hydroxylation is 1. The fraction of sp³-hybridized carbons (Fsp3) is 0.364. The van der Waals surface area contributed by atoms with Gasteiger partial charge >= 0.3 is 5.97 Å². The van der Waals surface area contributed by atoms with Gasteiger partial charge in [0, 0.05) is 35.5 Å². The first-order valence-corrected chi connectivity index (χ1v) is 9.75. The molecule has 27 heavy (non-hydrogen) atoms. The summed E-state index contributed by atoms with van der Waals surface area (Å²) in [5, 5.41) is 13.9. The van der Waals surface area contributed by atoms with E-state index in [0.717, 1.165) is 36.0 Å². The number of rotatable bonds is 8. The van der Waals surface area contributed by atoms with Gasteiger partial charge < -0.3 is 15.0 Å². The maximum absolute atomic E-state index is 11.7.